The van der Waals surface area contributed by atoms with Crippen LogP contribution in [0, 0.1) is 0 Å². The van der Waals surface area contributed by atoms with Gasteiger partial charge in [-0.1, -0.05) is 36.4 Å². The first kappa shape index (κ1) is 12.9. The van der Waals surface area contributed by atoms with Crippen LogP contribution >= 0.6 is 0 Å². The molecule has 0 aromatic heterocycles. The lowest BCUT2D eigenvalue weighted by Crippen LogP contribution is -2.30. The summed E-state index contributed by atoms with van der Waals surface area (Å²) < 4.78 is 0. The van der Waals surface area contributed by atoms with Gasteiger partial charge >= 0.3 is 0 Å². The second-order valence-electron chi connectivity index (χ2n) is 6.26. The molecular weight excluding hydrogens is 256 g/mol. The number of fused-ring (bicyclic) bond motifs is 1. The van der Waals surface area contributed by atoms with E-state index < -0.39 is 0 Å². The number of hydrogen-bond acceptors (Lipinski definition) is 2. The minimum atomic E-state index is 0.781. The molecule has 0 unspecified atom stereocenters. The van der Waals surface area contributed by atoms with Crippen molar-refractivity contribution in [1.29, 1.82) is 0 Å². The first-order valence-electron chi connectivity index (χ1n) is 8.02. The summed E-state index contributed by atoms with van der Waals surface area (Å²) in [5, 5.41) is 3.57. The molecule has 0 atom stereocenters. The highest BCUT2D eigenvalue weighted by Crippen LogP contribution is 2.25. The van der Waals surface area contributed by atoms with Crippen LogP contribution in [0.3, 0.4) is 0 Å². The summed E-state index contributed by atoms with van der Waals surface area (Å²) in [6.45, 7) is 3.17. The van der Waals surface area contributed by atoms with Gasteiger partial charge in [-0.05, 0) is 48.1 Å². The minimum Gasteiger partial charge on any atom is -0.367 e. The lowest BCUT2D eigenvalue weighted by Gasteiger charge is -2.30. The summed E-state index contributed by atoms with van der Waals surface area (Å²) in [7, 11) is 0. The van der Waals surface area contributed by atoms with Crippen molar-refractivity contribution in [3.63, 3.8) is 0 Å². The molecule has 0 bridgehead atoms. The van der Waals surface area contributed by atoms with Gasteiger partial charge in [-0.15, -0.1) is 0 Å². The van der Waals surface area contributed by atoms with Gasteiger partial charge in [0.2, 0.25) is 0 Å². The molecule has 21 heavy (non-hydrogen) atoms. The molecule has 1 aliphatic carbocycles. The summed E-state index contributed by atoms with van der Waals surface area (Å²) in [5.41, 5.74) is 5.73. The normalized spacial score (nSPS) is 17.6. The van der Waals surface area contributed by atoms with E-state index in [4.69, 9.17) is 0 Å². The molecule has 1 saturated carbocycles. The van der Waals surface area contributed by atoms with Gasteiger partial charge in [0, 0.05) is 31.4 Å². The summed E-state index contributed by atoms with van der Waals surface area (Å²) in [6, 6.07) is 18.7. The number of rotatable bonds is 4. The zero-order valence-corrected chi connectivity index (χ0v) is 12.4. The molecule has 1 N–H and O–H groups in total. The summed E-state index contributed by atoms with van der Waals surface area (Å²) in [6.07, 6.45) is 3.86. The predicted octanol–water partition coefficient (Wildman–Crippen LogP) is 3.50. The second-order valence-corrected chi connectivity index (χ2v) is 6.26. The Kier molecular flexibility index (Phi) is 3.40. The fourth-order valence-electron chi connectivity index (χ4n) is 3.09. The fourth-order valence-corrected chi connectivity index (χ4v) is 3.09. The highest BCUT2D eigenvalue weighted by atomic mass is 15.1. The monoisotopic (exact) mass is 278 g/mol. The van der Waals surface area contributed by atoms with E-state index in [1.807, 2.05) is 0 Å². The van der Waals surface area contributed by atoms with Gasteiger partial charge in [-0.3, -0.25) is 0 Å². The van der Waals surface area contributed by atoms with Gasteiger partial charge in [0.1, 0.15) is 0 Å². The average Bonchev–Trinajstić information content (AvgIpc) is 3.37. The first-order valence-corrected chi connectivity index (χ1v) is 8.02. The molecule has 4 rings (SSSR count). The van der Waals surface area contributed by atoms with Crippen molar-refractivity contribution in [3.8, 4) is 0 Å². The zero-order chi connectivity index (χ0) is 14.1. The van der Waals surface area contributed by atoms with Gasteiger partial charge in [0.25, 0.3) is 0 Å². The van der Waals surface area contributed by atoms with Crippen molar-refractivity contribution in [1.82, 2.24) is 5.32 Å². The van der Waals surface area contributed by atoms with Crippen LogP contribution in [0.1, 0.15) is 29.5 Å². The standard InChI is InChI=1S/C19H22N2/c1-2-4-17-14-21(12-11-16(17)3-1)19-9-5-15(6-10-19)13-20-18-7-8-18/h1-6,9-10,18,20H,7-8,11-14H2. The lowest BCUT2D eigenvalue weighted by atomic mass is 9.99. The molecule has 0 saturated heterocycles. The molecule has 2 aromatic carbocycles. The van der Waals surface area contributed by atoms with E-state index >= 15 is 0 Å². The number of hydrogen-bond donors (Lipinski definition) is 1. The van der Waals surface area contributed by atoms with E-state index in [-0.39, 0.29) is 0 Å². The number of benzene rings is 2. The molecular formula is C19H22N2. The van der Waals surface area contributed by atoms with Crippen LogP contribution in [0.2, 0.25) is 0 Å². The number of anilines is 1. The van der Waals surface area contributed by atoms with Gasteiger partial charge in [0.15, 0.2) is 0 Å². The van der Waals surface area contributed by atoms with Crippen molar-refractivity contribution in [2.24, 2.45) is 0 Å². The summed E-state index contributed by atoms with van der Waals surface area (Å²) in [4.78, 5) is 2.49. The SMILES string of the molecule is c1ccc2c(c1)CCN(c1ccc(CNC3CC3)cc1)C2. The number of nitrogens with one attached hydrogen (secondary N) is 1. The largest absolute Gasteiger partial charge is 0.367 e. The first-order chi connectivity index (χ1) is 10.4. The van der Waals surface area contributed by atoms with Crippen LogP contribution in [0.4, 0.5) is 5.69 Å². The van der Waals surface area contributed by atoms with Crippen molar-refractivity contribution >= 4 is 5.69 Å². The van der Waals surface area contributed by atoms with Crippen LogP contribution in [0.15, 0.2) is 48.5 Å². The highest BCUT2D eigenvalue weighted by Gasteiger charge is 2.20. The van der Waals surface area contributed by atoms with E-state index in [1.54, 1.807) is 0 Å². The Morgan fingerprint density at radius 3 is 2.48 bits per heavy atom. The van der Waals surface area contributed by atoms with E-state index in [0.29, 0.717) is 0 Å². The average molecular weight is 278 g/mol. The molecule has 108 valence electrons. The van der Waals surface area contributed by atoms with Crippen LogP contribution in [-0.2, 0) is 19.5 Å². The Morgan fingerprint density at radius 1 is 0.952 bits per heavy atom. The Hall–Kier alpha value is -1.80. The predicted molar refractivity (Wildman–Crippen MR) is 87.5 cm³/mol. The molecule has 0 spiro atoms. The topological polar surface area (TPSA) is 15.3 Å². The van der Waals surface area contributed by atoms with Gasteiger partial charge in [-0.25, -0.2) is 0 Å². The maximum absolute atomic E-state index is 3.57. The van der Waals surface area contributed by atoms with Crippen molar-refractivity contribution in [2.45, 2.75) is 38.4 Å². The molecule has 2 heteroatoms. The fraction of sp³-hybridized carbons (Fsp3) is 0.368. The van der Waals surface area contributed by atoms with Gasteiger partial charge < -0.3 is 10.2 Å². The van der Waals surface area contributed by atoms with E-state index in [2.05, 4.69) is 58.7 Å². The van der Waals surface area contributed by atoms with Crippen LogP contribution < -0.4 is 10.2 Å². The van der Waals surface area contributed by atoms with E-state index in [0.717, 1.165) is 32.1 Å². The van der Waals surface area contributed by atoms with E-state index in [1.165, 1.54) is 35.2 Å². The third-order valence-electron chi connectivity index (χ3n) is 4.60. The molecule has 0 amide bonds. The molecule has 0 radical (unpaired) electrons. The molecule has 2 nitrogen and oxygen atoms in total. The number of nitrogens with zero attached hydrogens (tertiary/aromatic N) is 1. The van der Waals surface area contributed by atoms with Crippen molar-refractivity contribution < 1.29 is 0 Å². The second kappa shape index (κ2) is 5.53. The third kappa shape index (κ3) is 2.96. The Balaban J connectivity index is 1.44. The van der Waals surface area contributed by atoms with Crippen LogP contribution in [0.5, 0.6) is 0 Å². The Morgan fingerprint density at radius 2 is 1.71 bits per heavy atom. The Labute approximate surface area is 126 Å². The molecule has 1 fully saturated rings. The lowest BCUT2D eigenvalue weighted by molar-refractivity contribution is 0.687. The van der Waals surface area contributed by atoms with Crippen LogP contribution in [-0.4, -0.2) is 12.6 Å². The molecule has 2 aromatic rings. The zero-order valence-electron chi connectivity index (χ0n) is 12.4. The molecule has 2 aliphatic rings. The quantitative estimate of drug-likeness (QED) is 0.921. The van der Waals surface area contributed by atoms with Crippen molar-refractivity contribution in [3.05, 3.63) is 65.2 Å². The maximum Gasteiger partial charge on any atom is 0.0432 e. The van der Waals surface area contributed by atoms with Crippen molar-refractivity contribution in [2.75, 3.05) is 11.4 Å². The van der Waals surface area contributed by atoms with Gasteiger partial charge in [0.05, 0.1) is 0 Å². The smallest absolute Gasteiger partial charge is 0.0432 e. The summed E-state index contributed by atoms with van der Waals surface area (Å²) >= 11 is 0. The Bertz CT molecular complexity index is 614. The maximum atomic E-state index is 3.57. The minimum absolute atomic E-state index is 0.781. The van der Waals surface area contributed by atoms with Gasteiger partial charge in [-0.2, -0.15) is 0 Å². The van der Waals surface area contributed by atoms with E-state index in [9.17, 15) is 0 Å². The van der Waals surface area contributed by atoms with Crippen LogP contribution in [0.25, 0.3) is 0 Å². The summed E-state index contributed by atoms with van der Waals surface area (Å²) in [5.74, 6) is 0. The molecule has 1 heterocycles. The molecule has 1 aliphatic heterocycles. The third-order valence-corrected chi connectivity index (χ3v) is 4.60. The highest BCUT2D eigenvalue weighted by molar-refractivity contribution is 5.50.